The molecule has 2 aliphatic rings. The molecule has 0 saturated carbocycles. The quantitative estimate of drug-likeness (QED) is 0.699. The number of anilines is 1. The first-order valence-electron chi connectivity index (χ1n) is 7.62. The molecule has 4 rings (SSSR count). The first-order valence-corrected chi connectivity index (χ1v) is 8.65. The van der Waals surface area contributed by atoms with E-state index < -0.39 is 16.5 Å². The number of benzene rings is 1. The van der Waals surface area contributed by atoms with Gasteiger partial charge in [-0.05, 0) is 19.1 Å². The van der Waals surface area contributed by atoms with E-state index in [1.807, 2.05) is 25.1 Å². The summed E-state index contributed by atoms with van der Waals surface area (Å²) in [5.41, 5.74) is 0. The molecule has 2 aliphatic heterocycles. The molecule has 1 N–H and O–H groups in total. The summed E-state index contributed by atoms with van der Waals surface area (Å²) in [4.78, 5) is 14.9. The lowest BCUT2D eigenvalue weighted by Crippen LogP contribution is -2.08. The number of nitrogens with one attached hydrogen (secondary N) is 1. The smallest absolute Gasteiger partial charge is 0.361 e. The van der Waals surface area contributed by atoms with Crippen LogP contribution >= 0.6 is 0 Å². The summed E-state index contributed by atoms with van der Waals surface area (Å²) in [7, 11) is 0.0104. The monoisotopic (exact) mass is 395 g/mol. The van der Waals surface area contributed by atoms with Crippen molar-refractivity contribution < 1.29 is 32.2 Å². The van der Waals surface area contributed by atoms with Crippen LogP contribution in [0.5, 0.6) is 28.9 Å². The van der Waals surface area contributed by atoms with E-state index in [1.54, 1.807) is 0 Å². The van der Waals surface area contributed by atoms with E-state index in [-0.39, 0.29) is 11.7 Å². The number of carbonyl (C=O) groups is 1. The Morgan fingerprint density at radius 1 is 1.22 bits per heavy atom. The third kappa shape index (κ3) is 5.57. The van der Waals surface area contributed by atoms with Gasteiger partial charge in [0.2, 0.25) is 11.6 Å². The predicted octanol–water partition coefficient (Wildman–Crippen LogP) is 2.88. The average molecular weight is 395 g/mol. The van der Waals surface area contributed by atoms with Gasteiger partial charge in [0.15, 0.2) is 11.5 Å². The lowest BCUT2D eigenvalue weighted by atomic mass is 10.2. The Morgan fingerprint density at radius 2 is 1.93 bits per heavy atom. The van der Waals surface area contributed by atoms with Crippen LogP contribution in [-0.4, -0.2) is 40.3 Å². The maximum Gasteiger partial charge on any atom is 0.361 e. The highest BCUT2D eigenvalue weighted by Crippen LogP contribution is 2.49. The third-order valence-electron chi connectivity index (χ3n) is 3.06. The Labute approximate surface area is 156 Å². The van der Waals surface area contributed by atoms with Gasteiger partial charge in [0.05, 0.1) is 20.8 Å². The number of amides is 2. The lowest BCUT2D eigenvalue weighted by molar-refractivity contribution is 0.260. The highest BCUT2D eigenvalue weighted by atomic mass is 32.2. The number of aromatic nitrogens is 1. The Bertz CT molecular complexity index is 910. The van der Waals surface area contributed by atoms with E-state index >= 15 is 0 Å². The molecule has 3 heterocycles. The number of rotatable bonds is 5. The van der Waals surface area contributed by atoms with E-state index in [1.165, 1.54) is 26.4 Å². The number of pyridine rings is 1. The van der Waals surface area contributed by atoms with E-state index in [9.17, 15) is 13.2 Å². The number of para-hydroxylation sites is 1. The second-order valence-electron chi connectivity index (χ2n) is 4.79. The van der Waals surface area contributed by atoms with Gasteiger partial charge in [0.1, 0.15) is 11.6 Å². The minimum atomic E-state index is -2.81. The summed E-state index contributed by atoms with van der Waals surface area (Å²) >= 11 is 0. The minimum Gasteiger partial charge on any atom is -0.496 e. The van der Waals surface area contributed by atoms with E-state index in [4.69, 9.17) is 18.9 Å². The fourth-order valence-electron chi connectivity index (χ4n) is 1.98. The minimum absolute atomic E-state index is 0.0698. The van der Waals surface area contributed by atoms with Crippen molar-refractivity contribution in [1.82, 2.24) is 4.98 Å². The molecule has 11 heteroatoms. The molecular formula is C16H17N3O7S. The van der Waals surface area contributed by atoms with Crippen LogP contribution in [0.3, 0.4) is 0 Å². The Morgan fingerprint density at radius 3 is 2.44 bits per heavy atom. The highest BCUT2D eigenvalue weighted by molar-refractivity contribution is 7.62. The molecule has 1 aromatic carbocycles. The fraction of sp³-hybridized carbons (Fsp3) is 0.250. The number of nitrogens with zero attached hydrogens (tertiary/aromatic N) is 2. The van der Waals surface area contributed by atoms with Gasteiger partial charge in [-0.25, -0.2) is 4.79 Å². The Hall–Kier alpha value is -3.34. The molecule has 0 saturated heterocycles. The molecule has 1 aromatic heterocycles. The van der Waals surface area contributed by atoms with E-state index in [2.05, 4.69) is 14.7 Å². The van der Waals surface area contributed by atoms with Gasteiger partial charge in [-0.1, -0.05) is 10.4 Å². The molecule has 2 bridgehead atoms. The normalized spacial score (nSPS) is 10.2. The fourth-order valence-corrected chi connectivity index (χ4v) is 2.16. The van der Waals surface area contributed by atoms with E-state index in [0.29, 0.717) is 12.4 Å². The largest absolute Gasteiger partial charge is 0.496 e. The van der Waals surface area contributed by atoms with Gasteiger partial charge in [0, 0.05) is 12.1 Å². The molecule has 144 valence electrons. The number of hydrogen-bond donors (Lipinski definition) is 1. The molecule has 0 fully saturated rings. The van der Waals surface area contributed by atoms with Crippen LogP contribution in [0.4, 0.5) is 10.6 Å². The zero-order chi connectivity index (χ0) is 19.8. The van der Waals surface area contributed by atoms with Gasteiger partial charge in [-0.3, -0.25) is 5.32 Å². The lowest BCUT2D eigenvalue weighted by Gasteiger charge is -2.22. The second kappa shape index (κ2) is 9.38. The average Bonchev–Trinajstić information content (AvgIpc) is 2.66. The SMILES string of the molecule is CCOc1c2cccc1O2.COc1cc(NC(=O)N=S(=O)=O)nc(OC)c1. The molecule has 27 heavy (non-hydrogen) atoms. The third-order valence-corrected chi connectivity index (χ3v) is 3.38. The van der Waals surface area contributed by atoms with Crippen LogP contribution in [-0.2, 0) is 10.5 Å². The van der Waals surface area contributed by atoms with Crippen LogP contribution in [0.15, 0.2) is 34.7 Å². The molecule has 10 nitrogen and oxygen atoms in total. The standard InChI is InChI=1S/C8H9N3O5S.C8H8O2/c1-15-5-3-6(9-7(4-5)16-2)10-8(12)11-17(13)14;1-2-9-8-6-4-3-5-7(8)10-6/h3-4H,1-2H3,(H,9,10,12);3-5H,2H2,1H3. The summed E-state index contributed by atoms with van der Waals surface area (Å²) in [6, 6.07) is 7.59. The Kier molecular flexibility index (Phi) is 6.94. The predicted molar refractivity (Wildman–Crippen MR) is 95.4 cm³/mol. The molecule has 0 unspecified atom stereocenters. The number of hydrogen-bond acceptors (Lipinski definition) is 8. The number of fused-ring (bicyclic) bond motifs is 2. The van der Waals surface area contributed by atoms with Crippen molar-refractivity contribution in [1.29, 1.82) is 0 Å². The van der Waals surface area contributed by atoms with Crippen molar-refractivity contribution in [3.8, 4) is 28.9 Å². The summed E-state index contributed by atoms with van der Waals surface area (Å²) in [5, 5.41) is 2.15. The second-order valence-corrected chi connectivity index (χ2v) is 5.41. The van der Waals surface area contributed by atoms with Crippen molar-refractivity contribution in [2.24, 2.45) is 4.36 Å². The van der Waals surface area contributed by atoms with Gasteiger partial charge >= 0.3 is 16.5 Å². The molecule has 2 aromatic rings. The molecule has 2 amide bonds. The maximum atomic E-state index is 11.0. The summed E-state index contributed by atoms with van der Waals surface area (Å²) in [6.07, 6.45) is 0. The van der Waals surface area contributed by atoms with Crippen LogP contribution in [0.1, 0.15) is 6.92 Å². The van der Waals surface area contributed by atoms with Gasteiger partial charge < -0.3 is 18.9 Å². The molecule has 0 atom stereocenters. The van der Waals surface area contributed by atoms with Crippen LogP contribution in [0.2, 0.25) is 0 Å². The van der Waals surface area contributed by atoms with Crippen LogP contribution in [0.25, 0.3) is 0 Å². The van der Waals surface area contributed by atoms with Crippen LogP contribution < -0.4 is 24.3 Å². The van der Waals surface area contributed by atoms with Crippen molar-refractivity contribution in [2.45, 2.75) is 6.92 Å². The maximum absolute atomic E-state index is 11.0. The van der Waals surface area contributed by atoms with Crippen molar-refractivity contribution in [3.05, 3.63) is 30.3 Å². The zero-order valence-electron chi connectivity index (χ0n) is 14.8. The number of ether oxygens (including phenoxy) is 4. The molecule has 0 spiro atoms. The first-order chi connectivity index (χ1) is 13.0. The number of carbonyl (C=O) groups excluding carboxylic acids is 1. The van der Waals surface area contributed by atoms with Crippen molar-refractivity contribution in [3.63, 3.8) is 0 Å². The molecule has 0 aliphatic carbocycles. The summed E-state index contributed by atoms with van der Waals surface area (Å²) in [6.45, 7) is 2.67. The molecular weight excluding hydrogens is 378 g/mol. The van der Waals surface area contributed by atoms with E-state index in [0.717, 1.165) is 17.2 Å². The van der Waals surface area contributed by atoms with Crippen molar-refractivity contribution in [2.75, 3.05) is 26.1 Å². The zero-order valence-corrected chi connectivity index (χ0v) is 15.6. The summed E-state index contributed by atoms with van der Waals surface area (Å²) in [5.74, 6) is 3.31. The van der Waals surface area contributed by atoms with Gasteiger partial charge in [-0.15, -0.1) is 0 Å². The highest BCUT2D eigenvalue weighted by Gasteiger charge is 2.21. The Balaban J connectivity index is 0.000000219. The van der Waals surface area contributed by atoms with Gasteiger partial charge in [-0.2, -0.15) is 13.4 Å². The number of methoxy groups -OCH3 is 2. The molecule has 0 radical (unpaired) electrons. The topological polar surface area (TPSA) is 125 Å². The summed E-state index contributed by atoms with van der Waals surface area (Å²) < 4.78 is 43.3. The number of urea groups is 1. The first kappa shape index (κ1) is 20.0. The van der Waals surface area contributed by atoms with Crippen molar-refractivity contribution >= 4 is 22.3 Å². The van der Waals surface area contributed by atoms with Gasteiger partial charge in [0.25, 0.3) is 0 Å². The van der Waals surface area contributed by atoms with Crippen LogP contribution in [0, 0.1) is 0 Å².